The van der Waals surface area contributed by atoms with Crippen LogP contribution in [-0.2, 0) is 6.42 Å². The van der Waals surface area contributed by atoms with Gasteiger partial charge in [-0.15, -0.1) is 6.42 Å². The van der Waals surface area contributed by atoms with Gasteiger partial charge in [0.1, 0.15) is 5.75 Å². The summed E-state index contributed by atoms with van der Waals surface area (Å²) in [6, 6.07) is 13.7. The van der Waals surface area contributed by atoms with Crippen molar-refractivity contribution in [3.8, 4) is 18.1 Å². The number of phenols is 1. The number of carbonyl (C=O) groups excluding carboxylic acids is 1. The third-order valence-corrected chi connectivity index (χ3v) is 2.92. The average molecular weight is 280 g/mol. The lowest BCUT2D eigenvalue weighted by molar-refractivity contribution is 0.252. The predicted molar refractivity (Wildman–Crippen MR) is 83.2 cm³/mol. The molecule has 0 spiro atoms. The minimum Gasteiger partial charge on any atom is -0.508 e. The number of urea groups is 1. The SMILES string of the molecule is C#Cc1cccc(NC(=O)NCCc2ccc(O)cc2)c1. The first-order valence-corrected chi connectivity index (χ1v) is 6.57. The Balaban J connectivity index is 1.79. The number of anilines is 1. The first-order valence-electron chi connectivity index (χ1n) is 6.57. The van der Waals surface area contributed by atoms with Crippen LogP contribution in [0.5, 0.6) is 5.75 Å². The van der Waals surface area contributed by atoms with E-state index in [0.717, 1.165) is 11.1 Å². The Kier molecular flexibility index (Phi) is 4.84. The van der Waals surface area contributed by atoms with Crippen molar-refractivity contribution in [2.45, 2.75) is 6.42 Å². The highest BCUT2D eigenvalue weighted by molar-refractivity contribution is 5.89. The molecule has 3 N–H and O–H groups in total. The van der Waals surface area contributed by atoms with Gasteiger partial charge in [-0.2, -0.15) is 0 Å². The van der Waals surface area contributed by atoms with Crippen molar-refractivity contribution in [2.75, 3.05) is 11.9 Å². The number of rotatable bonds is 4. The summed E-state index contributed by atoms with van der Waals surface area (Å²) >= 11 is 0. The quantitative estimate of drug-likeness (QED) is 0.754. The fourth-order valence-corrected chi connectivity index (χ4v) is 1.85. The molecule has 0 aromatic heterocycles. The van der Waals surface area contributed by atoms with Gasteiger partial charge in [-0.05, 0) is 42.3 Å². The second kappa shape index (κ2) is 7.01. The zero-order valence-electron chi connectivity index (χ0n) is 11.5. The molecule has 4 heteroatoms. The Morgan fingerprint density at radius 2 is 1.95 bits per heavy atom. The molecule has 0 aliphatic rings. The van der Waals surface area contributed by atoms with Crippen molar-refractivity contribution in [2.24, 2.45) is 0 Å². The highest BCUT2D eigenvalue weighted by Crippen LogP contribution is 2.10. The molecule has 0 aliphatic carbocycles. The van der Waals surface area contributed by atoms with E-state index >= 15 is 0 Å². The van der Waals surface area contributed by atoms with Crippen LogP contribution in [0.4, 0.5) is 10.5 Å². The second-order valence-corrected chi connectivity index (χ2v) is 4.52. The number of phenolic OH excluding ortho intramolecular Hbond substituents is 1. The maximum atomic E-state index is 11.7. The normalized spacial score (nSPS) is 9.67. The third kappa shape index (κ3) is 4.59. The molecule has 0 unspecified atom stereocenters. The number of hydrogen-bond donors (Lipinski definition) is 3. The lowest BCUT2D eigenvalue weighted by Gasteiger charge is -2.08. The second-order valence-electron chi connectivity index (χ2n) is 4.52. The van der Waals surface area contributed by atoms with E-state index in [2.05, 4.69) is 16.6 Å². The fraction of sp³-hybridized carbons (Fsp3) is 0.118. The third-order valence-electron chi connectivity index (χ3n) is 2.92. The molecule has 2 aromatic carbocycles. The molecule has 21 heavy (non-hydrogen) atoms. The minimum atomic E-state index is -0.275. The molecule has 0 fully saturated rings. The maximum Gasteiger partial charge on any atom is 0.319 e. The van der Waals surface area contributed by atoms with Crippen LogP contribution in [0.1, 0.15) is 11.1 Å². The molecule has 0 saturated heterocycles. The maximum absolute atomic E-state index is 11.7. The van der Waals surface area contributed by atoms with Crippen molar-refractivity contribution < 1.29 is 9.90 Å². The summed E-state index contributed by atoms with van der Waals surface area (Å²) in [7, 11) is 0. The molecule has 0 atom stereocenters. The van der Waals surface area contributed by atoms with Gasteiger partial charge >= 0.3 is 6.03 Å². The topological polar surface area (TPSA) is 61.4 Å². The molecule has 106 valence electrons. The van der Waals surface area contributed by atoms with Gasteiger partial charge < -0.3 is 15.7 Å². The van der Waals surface area contributed by atoms with Crippen molar-refractivity contribution in [1.29, 1.82) is 0 Å². The Morgan fingerprint density at radius 1 is 1.19 bits per heavy atom. The molecular weight excluding hydrogens is 264 g/mol. The predicted octanol–water partition coefficient (Wildman–Crippen LogP) is 2.74. The number of carbonyl (C=O) groups is 1. The van der Waals surface area contributed by atoms with Gasteiger partial charge in [0.05, 0.1) is 0 Å². The molecule has 0 radical (unpaired) electrons. The van der Waals surface area contributed by atoms with Crippen LogP contribution in [0.2, 0.25) is 0 Å². The van der Waals surface area contributed by atoms with Crippen molar-refractivity contribution in [3.05, 3.63) is 59.7 Å². The average Bonchev–Trinajstić information content (AvgIpc) is 2.49. The van der Waals surface area contributed by atoms with E-state index in [1.807, 2.05) is 12.1 Å². The van der Waals surface area contributed by atoms with Gasteiger partial charge in [-0.1, -0.05) is 24.1 Å². The highest BCUT2D eigenvalue weighted by atomic mass is 16.3. The van der Waals surface area contributed by atoms with E-state index in [4.69, 9.17) is 6.42 Å². The molecule has 0 aliphatic heterocycles. The summed E-state index contributed by atoms with van der Waals surface area (Å²) in [5.41, 5.74) is 2.42. The van der Waals surface area contributed by atoms with Crippen molar-refractivity contribution in [3.63, 3.8) is 0 Å². The number of benzene rings is 2. The summed E-state index contributed by atoms with van der Waals surface area (Å²) < 4.78 is 0. The molecule has 0 bridgehead atoms. The van der Waals surface area contributed by atoms with Gasteiger partial charge in [0.2, 0.25) is 0 Å². The molecule has 0 saturated carbocycles. The summed E-state index contributed by atoms with van der Waals surface area (Å²) in [6.07, 6.45) is 6.00. The zero-order chi connectivity index (χ0) is 15.1. The van der Waals surface area contributed by atoms with Crippen LogP contribution in [0, 0.1) is 12.3 Å². The molecule has 2 aromatic rings. The lowest BCUT2D eigenvalue weighted by atomic mass is 10.1. The standard InChI is InChI=1S/C17H16N2O2/c1-2-13-4-3-5-15(12-13)19-17(21)18-11-10-14-6-8-16(20)9-7-14/h1,3-9,12,20H,10-11H2,(H2,18,19,21). The zero-order valence-corrected chi connectivity index (χ0v) is 11.5. The first kappa shape index (κ1) is 14.5. The molecule has 4 nitrogen and oxygen atoms in total. The van der Waals surface area contributed by atoms with Crippen LogP contribution in [0.3, 0.4) is 0 Å². The van der Waals surface area contributed by atoms with Crippen molar-refractivity contribution in [1.82, 2.24) is 5.32 Å². The smallest absolute Gasteiger partial charge is 0.319 e. The number of hydrogen-bond acceptors (Lipinski definition) is 2. The van der Waals surface area contributed by atoms with Crippen LogP contribution in [0.25, 0.3) is 0 Å². The minimum absolute atomic E-state index is 0.234. The van der Waals surface area contributed by atoms with Crippen molar-refractivity contribution >= 4 is 11.7 Å². The Labute approximate surface area is 123 Å². The summed E-state index contributed by atoms with van der Waals surface area (Å²) in [4.78, 5) is 11.7. The monoisotopic (exact) mass is 280 g/mol. The van der Waals surface area contributed by atoms with E-state index in [0.29, 0.717) is 18.7 Å². The Hall–Kier alpha value is -2.93. The van der Waals surface area contributed by atoms with Gasteiger partial charge in [0.25, 0.3) is 0 Å². The van der Waals surface area contributed by atoms with Gasteiger partial charge in [0.15, 0.2) is 0 Å². The van der Waals surface area contributed by atoms with Gasteiger partial charge in [-0.25, -0.2) is 4.79 Å². The summed E-state index contributed by atoms with van der Waals surface area (Å²) in [5, 5.41) is 14.7. The number of amides is 2. The van der Waals surface area contributed by atoms with Gasteiger partial charge in [-0.3, -0.25) is 0 Å². The first-order chi connectivity index (χ1) is 10.2. The Morgan fingerprint density at radius 3 is 2.67 bits per heavy atom. The van der Waals surface area contributed by atoms with E-state index in [1.54, 1.807) is 36.4 Å². The van der Waals surface area contributed by atoms with Crippen LogP contribution < -0.4 is 10.6 Å². The molecule has 2 rings (SSSR count). The largest absolute Gasteiger partial charge is 0.508 e. The van der Waals surface area contributed by atoms with Crippen LogP contribution in [-0.4, -0.2) is 17.7 Å². The number of aromatic hydroxyl groups is 1. The van der Waals surface area contributed by atoms with Crippen LogP contribution >= 0.6 is 0 Å². The van der Waals surface area contributed by atoms with E-state index in [9.17, 15) is 9.90 Å². The summed E-state index contributed by atoms with van der Waals surface area (Å²) in [5.74, 6) is 2.75. The Bertz CT molecular complexity index is 657. The van der Waals surface area contributed by atoms with E-state index in [1.165, 1.54) is 0 Å². The highest BCUT2D eigenvalue weighted by Gasteiger charge is 2.02. The lowest BCUT2D eigenvalue weighted by Crippen LogP contribution is -2.30. The summed E-state index contributed by atoms with van der Waals surface area (Å²) in [6.45, 7) is 0.505. The fourth-order valence-electron chi connectivity index (χ4n) is 1.85. The van der Waals surface area contributed by atoms with E-state index < -0.39 is 0 Å². The number of nitrogens with one attached hydrogen (secondary N) is 2. The van der Waals surface area contributed by atoms with Crippen LogP contribution in [0.15, 0.2) is 48.5 Å². The van der Waals surface area contributed by atoms with E-state index in [-0.39, 0.29) is 11.8 Å². The molecule has 2 amide bonds. The number of terminal acetylenes is 1. The molecule has 0 heterocycles. The molecular formula is C17H16N2O2. The van der Waals surface area contributed by atoms with Gasteiger partial charge in [0, 0.05) is 17.8 Å².